The van der Waals surface area contributed by atoms with E-state index in [-0.39, 0.29) is 0 Å². The number of aryl methyl sites for hydroxylation is 2. The quantitative estimate of drug-likeness (QED) is 0.328. The van der Waals surface area contributed by atoms with Gasteiger partial charge < -0.3 is 27.6 Å². The first-order valence-electron chi connectivity index (χ1n) is 11.2. The summed E-state index contributed by atoms with van der Waals surface area (Å²) in [4.78, 5) is 0. The molecule has 10 heteroatoms. The predicted molar refractivity (Wildman–Crippen MR) is 136 cm³/mol. The van der Waals surface area contributed by atoms with Gasteiger partial charge in [0.05, 0.1) is 40.6 Å². The highest BCUT2D eigenvalue weighted by molar-refractivity contribution is 7.62. The van der Waals surface area contributed by atoms with Crippen molar-refractivity contribution in [2.24, 2.45) is 0 Å². The number of methoxy groups -OCH3 is 2. The van der Waals surface area contributed by atoms with E-state index in [1.807, 2.05) is 32.0 Å². The van der Waals surface area contributed by atoms with Gasteiger partial charge in [0.15, 0.2) is 0 Å². The highest BCUT2D eigenvalue weighted by Crippen LogP contribution is 2.50. The van der Waals surface area contributed by atoms with Crippen molar-refractivity contribution in [3.63, 3.8) is 0 Å². The Morgan fingerprint density at radius 3 is 1.44 bits per heavy atom. The summed E-state index contributed by atoms with van der Waals surface area (Å²) in [7, 11) is -3.47. The Kier molecular flexibility index (Phi) is 13.1. The maximum atomic E-state index is 12.6. The van der Waals surface area contributed by atoms with Crippen molar-refractivity contribution >= 4 is 25.8 Å². The molecule has 0 saturated heterocycles. The van der Waals surface area contributed by atoms with Crippen LogP contribution in [0.4, 0.5) is 0 Å². The Balaban J connectivity index is 0.000000340. The lowest BCUT2D eigenvalue weighted by atomic mass is 10.2. The standard InChI is InChI=1S/2C12H19O4P/c1-5-15-17(13,16-6-2)12-8-7-10(3)9-11(12)14-4;1-5-15-17(13,16-6-2)12-9-10(3)7-8-11(12)14-4/h2*7-9H,5-6H2,1-4H3. The minimum atomic E-state index is -3.28. The molecule has 8 nitrogen and oxygen atoms in total. The first-order valence-corrected chi connectivity index (χ1v) is 14.3. The molecule has 0 saturated carbocycles. The van der Waals surface area contributed by atoms with Gasteiger partial charge in [-0.3, -0.25) is 9.13 Å². The molecule has 0 aliphatic rings. The zero-order chi connectivity index (χ0) is 25.8. The van der Waals surface area contributed by atoms with Crippen molar-refractivity contribution in [3.8, 4) is 11.5 Å². The second kappa shape index (κ2) is 14.7. The fraction of sp³-hybridized carbons (Fsp3) is 0.500. The minimum absolute atomic E-state index is 0.328. The van der Waals surface area contributed by atoms with E-state index >= 15 is 0 Å². The lowest BCUT2D eigenvalue weighted by molar-refractivity contribution is 0.228. The molecular formula is C24H38O8P2. The molecule has 0 heterocycles. The van der Waals surface area contributed by atoms with Crippen molar-refractivity contribution in [2.75, 3.05) is 40.6 Å². The van der Waals surface area contributed by atoms with Crippen molar-refractivity contribution < 1.29 is 36.7 Å². The molecule has 0 N–H and O–H groups in total. The first kappa shape index (κ1) is 30.4. The van der Waals surface area contributed by atoms with E-state index in [9.17, 15) is 9.13 Å². The van der Waals surface area contributed by atoms with E-state index in [1.165, 1.54) is 7.11 Å². The summed E-state index contributed by atoms with van der Waals surface area (Å²) >= 11 is 0. The van der Waals surface area contributed by atoms with Crippen LogP contribution in [0.25, 0.3) is 0 Å². The number of benzene rings is 2. The Hall–Kier alpha value is -1.66. The smallest absolute Gasteiger partial charge is 0.365 e. The monoisotopic (exact) mass is 516 g/mol. The molecule has 0 radical (unpaired) electrons. The van der Waals surface area contributed by atoms with Gasteiger partial charge >= 0.3 is 15.2 Å². The van der Waals surface area contributed by atoms with Crippen molar-refractivity contribution in [1.82, 2.24) is 0 Å². The van der Waals surface area contributed by atoms with E-state index in [2.05, 4.69) is 0 Å². The maximum absolute atomic E-state index is 12.6. The van der Waals surface area contributed by atoms with Crippen LogP contribution in [0.2, 0.25) is 0 Å². The largest absolute Gasteiger partial charge is 0.496 e. The molecule has 0 atom stereocenters. The SMILES string of the molecule is CCOP(=O)(OCC)c1cc(C)ccc1OC.CCOP(=O)(OCC)c1ccc(C)cc1OC. The molecule has 2 rings (SSSR count). The van der Waals surface area contributed by atoms with E-state index in [1.54, 1.807) is 53.0 Å². The van der Waals surface area contributed by atoms with Gasteiger partial charge in [0, 0.05) is 0 Å². The molecular weight excluding hydrogens is 478 g/mol. The molecule has 0 aliphatic heterocycles. The summed E-state index contributed by atoms with van der Waals surface area (Å²) in [5.41, 5.74) is 2.02. The molecule has 0 spiro atoms. The summed E-state index contributed by atoms with van der Waals surface area (Å²) in [6.07, 6.45) is 0. The molecule has 0 amide bonds. The molecule has 2 aromatic rings. The third kappa shape index (κ3) is 8.23. The second-order valence-electron chi connectivity index (χ2n) is 7.02. The Morgan fingerprint density at radius 2 is 1.00 bits per heavy atom. The molecule has 0 aromatic heterocycles. The molecule has 0 unspecified atom stereocenters. The third-order valence-electron chi connectivity index (χ3n) is 4.46. The predicted octanol–water partition coefficient (Wildman–Crippen LogP) is 5.79. The number of hydrogen-bond acceptors (Lipinski definition) is 8. The minimum Gasteiger partial charge on any atom is -0.496 e. The zero-order valence-corrected chi connectivity index (χ0v) is 23.2. The Morgan fingerprint density at radius 1 is 0.588 bits per heavy atom. The van der Waals surface area contributed by atoms with Crippen molar-refractivity contribution in [3.05, 3.63) is 47.5 Å². The van der Waals surface area contributed by atoms with E-state index in [4.69, 9.17) is 27.6 Å². The Labute approximate surface area is 203 Å². The van der Waals surface area contributed by atoms with Gasteiger partial charge in [-0.1, -0.05) is 12.1 Å². The summed E-state index contributed by atoms with van der Waals surface area (Å²) in [6.45, 7) is 12.3. The summed E-state index contributed by atoms with van der Waals surface area (Å²) in [6, 6.07) is 10.9. The average molecular weight is 517 g/mol. The summed E-state index contributed by atoms with van der Waals surface area (Å²) < 4.78 is 56.8. The molecule has 34 heavy (non-hydrogen) atoms. The molecule has 2 aromatic carbocycles. The van der Waals surface area contributed by atoms with Crippen LogP contribution >= 0.6 is 15.2 Å². The maximum Gasteiger partial charge on any atom is 0.365 e. The second-order valence-corrected chi connectivity index (χ2v) is 11.0. The number of rotatable bonds is 12. The molecule has 0 bridgehead atoms. The lowest BCUT2D eigenvalue weighted by Gasteiger charge is -2.19. The van der Waals surface area contributed by atoms with Gasteiger partial charge in [-0.25, -0.2) is 0 Å². The molecule has 0 fully saturated rings. The van der Waals surface area contributed by atoms with Gasteiger partial charge in [-0.15, -0.1) is 0 Å². The third-order valence-corrected chi connectivity index (χ3v) is 8.75. The van der Waals surface area contributed by atoms with Crippen molar-refractivity contribution in [2.45, 2.75) is 41.5 Å². The normalized spacial score (nSPS) is 11.5. The average Bonchev–Trinajstić information content (AvgIpc) is 2.80. The van der Waals surface area contributed by atoms with Gasteiger partial charge in [0.1, 0.15) is 22.1 Å². The van der Waals surface area contributed by atoms with Crippen LogP contribution in [0.1, 0.15) is 38.8 Å². The zero-order valence-electron chi connectivity index (χ0n) is 21.5. The summed E-state index contributed by atoms with van der Waals surface area (Å²) in [5, 5.41) is 0.970. The topological polar surface area (TPSA) is 89.5 Å². The van der Waals surface area contributed by atoms with E-state index in [0.717, 1.165) is 11.1 Å². The van der Waals surface area contributed by atoms with Crippen LogP contribution in [0.15, 0.2) is 36.4 Å². The van der Waals surface area contributed by atoms with Crippen LogP contribution in [0.5, 0.6) is 11.5 Å². The first-order chi connectivity index (χ1) is 16.1. The van der Waals surface area contributed by atoms with Crippen LogP contribution in [-0.2, 0) is 27.2 Å². The van der Waals surface area contributed by atoms with Gasteiger partial charge in [0.25, 0.3) is 0 Å². The van der Waals surface area contributed by atoms with Gasteiger partial charge in [-0.2, -0.15) is 0 Å². The van der Waals surface area contributed by atoms with Crippen LogP contribution < -0.4 is 20.1 Å². The summed E-state index contributed by atoms with van der Waals surface area (Å²) in [5.74, 6) is 1.07. The number of ether oxygens (including phenoxy) is 2. The fourth-order valence-electron chi connectivity index (χ4n) is 3.06. The lowest BCUT2D eigenvalue weighted by Crippen LogP contribution is -2.14. The van der Waals surface area contributed by atoms with E-state index < -0.39 is 15.2 Å². The van der Waals surface area contributed by atoms with Crippen LogP contribution in [0, 0.1) is 13.8 Å². The molecule has 192 valence electrons. The number of hydrogen-bond donors (Lipinski definition) is 0. The van der Waals surface area contributed by atoms with E-state index in [0.29, 0.717) is 48.5 Å². The van der Waals surface area contributed by atoms with Crippen LogP contribution in [0.3, 0.4) is 0 Å². The van der Waals surface area contributed by atoms with Crippen LogP contribution in [-0.4, -0.2) is 40.6 Å². The highest BCUT2D eigenvalue weighted by atomic mass is 31.2. The Bertz CT molecular complexity index is 973. The molecule has 0 aliphatic carbocycles. The highest BCUT2D eigenvalue weighted by Gasteiger charge is 2.31. The fourth-order valence-corrected chi connectivity index (χ4v) is 6.60. The van der Waals surface area contributed by atoms with Gasteiger partial charge in [0.2, 0.25) is 0 Å². The van der Waals surface area contributed by atoms with Gasteiger partial charge in [-0.05, 0) is 76.9 Å². The van der Waals surface area contributed by atoms with Crippen molar-refractivity contribution in [1.29, 1.82) is 0 Å².